The third-order valence-corrected chi connectivity index (χ3v) is 6.10. The summed E-state index contributed by atoms with van der Waals surface area (Å²) in [5.74, 6) is 0. The first-order chi connectivity index (χ1) is 17.0. The first-order valence-electron chi connectivity index (χ1n) is 11.7. The van der Waals surface area contributed by atoms with E-state index >= 15 is 0 Å². The van der Waals surface area contributed by atoms with Crippen molar-refractivity contribution in [3.63, 3.8) is 0 Å². The van der Waals surface area contributed by atoms with E-state index in [0.29, 0.717) is 12.2 Å². The number of nitrogen functional groups attached to an aromatic ring is 1. The summed E-state index contributed by atoms with van der Waals surface area (Å²) in [6, 6.07) is 5.74. The number of aromatic nitrogens is 4. The molecule has 0 amide bonds. The number of aliphatic imine (C=N–C) groups is 1. The zero-order chi connectivity index (χ0) is 24.8. The van der Waals surface area contributed by atoms with Crippen molar-refractivity contribution in [3.05, 3.63) is 71.6 Å². The van der Waals surface area contributed by atoms with Crippen LogP contribution in [-0.4, -0.2) is 69.9 Å². The number of hydrogen-bond donors (Lipinski definition) is 3. The molecule has 1 aliphatic heterocycles. The molecule has 0 atom stereocenters. The predicted octanol–water partition coefficient (Wildman–Crippen LogP) is 3.33. The van der Waals surface area contributed by atoms with Crippen molar-refractivity contribution in [2.45, 2.75) is 20.4 Å². The van der Waals surface area contributed by atoms with E-state index in [4.69, 9.17) is 10.7 Å². The van der Waals surface area contributed by atoms with Crippen molar-refractivity contribution >= 4 is 23.4 Å². The van der Waals surface area contributed by atoms with Crippen LogP contribution in [0.4, 0.5) is 5.69 Å². The van der Waals surface area contributed by atoms with Crippen LogP contribution >= 0.6 is 0 Å². The second-order valence-electron chi connectivity index (χ2n) is 8.63. The lowest BCUT2D eigenvalue weighted by Crippen LogP contribution is -2.44. The van der Waals surface area contributed by atoms with E-state index in [0.717, 1.165) is 71.3 Å². The Balaban J connectivity index is 1.59. The van der Waals surface area contributed by atoms with Gasteiger partial charge < -0.3 is 20.9 Å². The van der Waals surface area contributed by atoms with Gasteiger partial charge in [-0.05, 0) is 51.9 Å². The van der Waals surface area contributed by atoms with E-state index in [2.05, 4.69) is 55.1 Å². The SMILES string of the molecule is C=NC(=C(/C)NCc1[nH]nc2ccc(-c3cncc(N)c3)nc12)/C(=C\C=C/C)N1CCN(C)CC1. The monoisotopic (exact) mass is 471 g/mol. The largest absolute Gasteiger partial charge is 0.397 e. The fourth-order valence-electron chi connectivity index (χ4n) is 4.09. The van der Waals surface area contributed by atoms with Gasteiger partial charge in [0.05, 0.1) is 29.3 Å². The van der Waals surface area contributed by atoms with Gasteiger partial charge in [-0.15, -0.1) is 0 Å². The first kappa shape index (κ1) is 24.2. The number of nitrogens with zero attached hydrogens (tertiary/aromatic N) is 6. The number of anilines is 1. The zero-order valence-electron chi connectivity index (χ0n) is 20.6. The maximum Gasteiger partial charge on any atom is 0.114 e. The van der Waals surface area contributed by atoms with E-state index < -0.39 is 0 Å². The number of likely N-dealkylation sites (N-methyl/N-ethyl adjacent to an activating group) is 1. The smallest absolute Gasteiger partial charge is 0.114 e. The molecule has 3 aromatic heterocycles. The van der Waals surface area contributed by atoms with Crippen LogP contribution in [0.3, 0.4) is 0 Å². The number of nitrogens with two attached hydrogens (primary N) is 1. The Morgan fingerprint density at radius 1 is 1.26 bits per heavy atom. The second kappa shape index (κ2) is 11.0. The van der Waals surface area contributed by atoms with Crippen molar-refractivity contribution in [3.8, 4) is 11.3 Å². The number of aromatic amines is 1. The summed E-state index contributed by atoms with van der Waals surface area (Å²) in [5.41, 5.74) is 13.5. The number of H-pyrrole nitrogens is 1. The summed E-state index contributed by atoms with van der Waals surface area (Å²) in [6.07, 6.45) is 9.56. The van der Waals surface area contributed by atoms with Gasteiger partial charge in [-0.3, -0.25) is 15.1 Å². The van der Waals surface area contributed by atoms with Gasteiger partial charge in [0.15, 0.2) is 0 Å². The lowest BCUT2D eigenvalue weighted by Gasteiger charge is -2.36. The molecule has 0 unspecified atom stereocenters. The van der Waals surface area contributed by atoms with E-state index in [9.17, 15) is 0 Å². The number of fused-ring (bicyclic) bond motifs is 1. The van der Waals surface area contributed by atoms with Crippen molar-refractivity contribution in [1.82, 2.24) is 35.3 Å². The van der Waals surface area contributed by atoms with Gasteiger partial charge in [0.25, 0.3) is 0 Å². The van der Waals surface area contributed by atoms with Gasteiger partial charge in [-0.25, -0.2) is 4.98 Å². The molecule has 3 aromatic rings. The molecule has 4 heterocycles. The molecule has 35 heavy (non-hydrogen) atoms. The first-order valence-corrected chi connectivity index (χ1v) is 11.7. The molecule has 0 spiro atoms. The van der Waals surface area contributed by atoms with Gasteiger partial charge in [0.2, 0.25) is 0 Å². The maximum atomic E-state index is 5.90. The van der Waals surface area contributed by atoms with Crippen LogP contribution in [0.1, 0.15) is 19.5 Å². The molecule has 9 heteroatoms. The number of pyridine rings is 2. The quantitative estimate of drug-likeness (QED) is 0.341. The summed E-state index contributed by atoms with van der Waals surface area (Å²) >= 11 is 0. The minimum atomic E-state index is 0.520. The number of allylic oxidation sites excluding steroid dienone is 4. The van der Waals surface area contributed by atoms with Crippen LogP contribution in [0.5, 0.6) is 0 Å². The second-order valence-corrected chi connectivity index (χ2v) is 8.63. The number of rotatable bonds is 8. The molecule has 1 fully saturated rings. The van der Waals surface area contributed by atoms with Gasteiger partial charge in [0.1, 0.15) is 16.7 Å². The molecule has 1 saturated heterocycles. The summed E-state index contributed by atoms with van der Waals surface area (Å²) in [7, 11) is 2.15. The molecule has 9 nitrogen and oxygen atoms in total. The predicted molar refractivity (Wildman–Crippen MR) is 143 cm³/mol. The van der Waals surface area contributed by atoms with Crippen LogP contribution in [0, 0.1) is 0 Å². The summed E-state index contributed by atoms with van der Waals surface area (Å²) in [6.45, 7) is 12.4. The van der Waals surface area contributed by atoms with E-state index in [1.165, 1.54) is 0 Å². The average molecular weight is 472 g/mol. The van der Waals surface area contributed by atoms with Crippen molar-refractivity contribution in [1.29, 1.82) is 0 Å². The van der Waals surface area contributed by atoms with Crippen LogP contribution in [-0.2, 0) is 6.54 Å². The summed E-state index contributed by atoms with van der Waals surface area (Å²) < 4.78 is 0. The Hall–Kier alpha value is -3.98. The van der Waals surface area contributed by atoms with Crippen LogP contribution in [0.15, 0.2) is 70.9 Å². The molecule has 0 aromatic carbocycles. The van der Waals surface area contributed by atoms with E-state index in [1.54, 1.807) is 12.4 Å². The third kappa shape index (κ3) is 5.58. The molecular formula is C26H33N9. The fraction of sp³-hybridized carbons (Fsp3) is 0.308. The van der Waals surface area contributed by atoms with Crippen LogP contribution < -0.4 is 11.1 Å². The molecule has 4 rings (SSSR count). The number of piperazine rings is 1. The average Bonchev–Trinajstić information content (AvgIpc) is 3.28. The highest BCUT2D eigenvalue weighted by molar-refractivity contribution is 5.80. The lowest BCUT2D eigenvalue weighted by atomic mass is 10.1. The van der Waals surface area contributed by atoms with Gasteiger partial charge in [0, 0.05) is 49.8 Å². The maximum absolute atomic E-state index is 5.90. The Morgan fingerprint density at radius 3 is 2.77 bits per heavy atom. The minimum Gasteiger partial charge on any atom is -0.397 e. The molecule has 1 aliphatic rings. The molecule has 4 N–H and O–H groups in total. The standard InChI is InChI=1S/C26H33N9/c1-5-6-7-24(35-12-10-34(4)11-13-35)25(28-3)18(2)30-17-23-26-22(32-33-23)9-8-21(31-26)19-14-20(27)16-29-15-19/h5-9,14-16,30H,3,10-13,17,27H2,1-2,4H3,(H,32,33)/b6-5-,24-7+,25-18-. The Labute approximate surface area is 206 Å². The summed E-state index contributed by atoms with van der Waals surface area (Å²) in [4.78, 5) is 18.1. The highest BCUT2D eigenvalue weighted by Gasteiger charge is 2.20. The van der Waals surface area contributed by atoms with Gasteiger partial charge >= 0.3 is 0 Å². The summed E-state index contributed by atoms with van der Waals surface area (Å²) in [5, 5.41) is 11.0. The number of hydrogen-bond acceptors (Lipinski definition) is 8. The molecule has 0 bridgehead atoms. The normalized spacial score (nSPS) is 16.1. The van der Waals surface area contributed by atoms with E-state index in [1.807, 2.05) is 44.2 Å². The molecule has 0 radical (unpaired) electrons. The fourth-order valence-corrected chi connectivity index (χ4v) is 4.09. The number of nitrogens with one attached hydrogen (secondary N) is 2. The highest BCUT2D eigenvalue weighted by atomic mass is 15.3. The van der Waals surface area contributed by atoms with Crippen LogP contribution in [0.2, 0.25) is 0 Å². The van der Waals surface area contributed by atoms with Gasteiger partial charge in [-0.2, -0.15) is 5.10 Å². The molecule has 0 saturated carbocycles. The topological polar surface area (TPSA) is 111 Å². The Bertz CT molecular complexity index is 1280. The minimum absolute atomic E-state index is 0.520. The zero-order valence-corrected chi connectivity index (χ0v) is 20.6. The van der Waals surface area contributed by atoms with Crippen LogP contribution in [0.25, 0.3) is 22.3 Å². The molecular weight excluding hydrogens is 438 g/mol. The lowest BCUT2D eigenvalue weighted by molar-refractivity contribution is 0.188. The molecule has 182 valence electrons. The Kier molecular flexibility index (Phi) is 7.57. The van der Waals surface area contributed by atoms with Crippen molar-refractivity contribution in [2.24, 2.45) is 4.99 Å². The highest BCUT2D eigenvalue weighted by Crippen LogP contribution is 2.24. The molecule has 0 aliphatic carbocycles. The van der Waals surface area contributed by atoms with Crippen molar-refractivity contribution in [2.75, 3.05) is 39.0 Å². The van der Waals surface area contributed by atoms with Gasteiger partial charge in [-0.1, -0.05) is 12.2 Å². The Morgan fingerprint density at radius 2 is 2.06 bits per heavy atom. The third-order valence-electron chi connectivity index (χ3n) is 6.10. The van der Waals surface area contributed by atoms with E-state index in [-0.39, 0.29) is 0 Å². The van der Waals surface area contributed by atoms with Crippen molar-refractivity contribution < 1.29 is 0 Å².